The van der Waals surface area contributed by atoms with Gasteiger partial charge in [-0.2, -0.15) is 0 Å². The van der Waals surface area contributed by atoms with E-state index in [1.807, 2.05) is 37.5 Å². The molecule has 9 heteroatoms. The molecule has 0 aliphatic carbocycles. The molecular formula is C23H24N2O6S. The van der Waals surface area contributed by atoms with Gasteiger partial charge >= 0.3 is 11.9 Å². The van der Waals surface area contributed by atoms with Gasteiger partial charge in [-0.25, -0.2) is 9.59 Å². The molecule has 2 amide bonds. The van der Waals surface area contributed by atoms with Crippen LogP contribution in [0.5, 0.6) is 0 Å². The third-order valence-corrected chi connectivity index (χ3v) is 6.26. The number of hydrogen-bond donors (Lipinski definition) is 0. The predicted molar refractivity (Wildman–Crippen MR) is 121 cm³/mol. The number of aryl methyl sites for hydroxylation is 2. The number of rotatable bonds is 5. The van der Waals surface area contributed by atoms with Crippen molar-refractivity contribution in [2.45, 2.75) is 33.7 Å². The highest BCUT2D eigenvalue weighted by atomic mass is 32.2. The van der Waals surface area contributed by atoms with Crippen LogP contribution in [0.3, 0.4) is 0 Å². The summed E-state index contributed by atoms with van der Waals surface area (Å²) in [5, 5.41) is -0.519. The Bertz CT molecular complexity index is 1160. The second-order valence-electron chi connectivity index (χ2n) is 7.41. The number of amides is 2. The third-order valence-electron chi connectivity index (χ3n) is 5.38. The lowest BCUT2D eigenvalue weighted by molar-refractivity contribution is -0.148. The molecule has 1 fully saturated rings. The molecule has 0 unspecified atom stereocenters. The lowest BCUT2D eigenvalue weighted by Gasteiger charge is -2.18. The second-order valence-corrected chi connectivity index (χ2v) is 8.40. The van der Waals surface area contributed by atoms with Crippen LogP contribution in [0, 0.1) is 20.8 Å². The summed E-state index contributed by atoms with van der Waals surface area (Å²) in [7, 11) is 2.54. The standard InChI is InChI=1S/C23H24N2O6S/c1-12-7-8-16(22(28)31-6)10-18(12)24-13(2)9-17(14(24)3)11-19-20(26)25(23(29)32-19)15(4)21(27)30-5/h7-11,15H,1-6H3/b19-11+/t15-/m0/s1. The van der Waals surface area contributed by atoms with Crippen molar-refractivity contribution in [2.75, 3.05) is 14.2 Å². The first-order valence-electron chi connectivity index (χ1n) is 9.83. The van der Waals surface area contributed by atoms with Crippen molar-refractivity contribution in [1.29, 1.82) is 0 Å². The molecule has 1 atom stereocenters. The minimum absolute atomic E-state index is 0.228. The van der Waals surface area contributed by atoms with Gasteiger partial charge in [-0.15, -0.1) is 0 Å². The largest absolute Gasteiger partial charge is 0.467 e. The van der Waals surface area contributed by atoms with Crippen LogP contribution in [0.25, 0.3) is 11.8 Å². The van der Waals surface area contributed by atoms with Crippen LogP contribution >= 0.6 is 11.8 Å². The zero-order valence-electron chi connectivity index (χ0n) is 18.7. The zero-order chi connectivity index (χ0) is 23.7. The van der Waals surface area contributed by atoms with Crippen molar-refractivity contribution in [2.24, 2.45) is 0 Å². The maximum absolute atomic E-state index is 12.8. The number of nitrogens with zero attached hydrogens (tertiary/aromatic N) is 2. The van der Waals surface area contributed by atoms with Gasteiger partial charge in [0.1, 0.15) is 6.04 Å². The van der Waals surface area contributed by atoms with Crippen LogP contribution in [0.15, 0.2) is 29.2 Å². The summed E-state index contributed by atoms with van der Waals surface area (Å²) in [4.78, 5) is 50.1. The molecule has 0 bridgehead atoms. The van der Waals surface area contributed by atoms with Crippen molar-refractivity contribution in [3.63, 3.8) is 0 Å². The molecular weight excluding hydrogens is 432 g/mol. The molecule has 2 heterocycles. The van der Waals surface area contributed by atoms with E-state index in [4.69, 9.17) is 4.74 Å². The Kier molecular flexibility index (Phi) is 6.59. The third kappa shape index (κ3) is 4.08. The molecule has 0 N–H and O–H groups in total. The second kappa shape index (κ2) is 9.04. The topological polar surface area (TPSA) is 94.9 Å². The van der Waals surface area contributed by atoms with Crippen molar-refractivity contribution in [3.8, 4) is 5.69 Å². The minimum Gasteiger partial charge on any atom is -0.467 e. The number of methoxy groups -OCH3 is 2. The number of thioether (sulfide) groups is 1. The summed E-state index contributed by atoms with van der Waals surface area (Å²) in [5.41, 5.74) is 4.68. The average molecular weight is 457 g/mol. The lowest BCUT2D eigenvalue weighted by atomic mass is 10.1. The number of imide groups is 1. The molecule has 0 saturated carbocycles. The highest BCUT2D eigenvalue weighted by Crippen LogP contribution is 2.35. The lowest BCUT2D eigenvalue weighted by Crippen LogP contribution is -2.42. The molecule has 1 saturated heterocycles. The van der Waals surface area contributed by atoms with Gasteiger partial charge in [0.05, 0.1) is 24.7 Å². The Hall–Kier alpha value is -3.33. The average Bonchev–Trinajstić information content (AvgIpc) is 3.20. The first-order chi connectivity index (χ1) is 15.1. The maximum atomic E-state index is 12.8. The minimum atomic E-state index is -1.01. The number of esters is 2. The summed E-state index contributed by atoms with van der Waals surface area (Å²) in [6.07, 6.45) is 1.65. The summed E-state index contributed by atoms with van der Waals surface area (Å²) in [6.45, 7) is 7.20. The van der Waals surface area contributed by atoms with Crippen LogP contribution in [-0.2, 0) is 19.1 Å². The van der Waals surface area contributed by atoms with Gasteiger partial charge in [0.25, 0.3) is 11.1 Å². The number of ether oxygens (including phenoxy) is 2. The Morgan fingerprint density at radius 1 is 1.06 bits per heavy atom. The van der Waals surface area contributed by atoms with Crippen LogP contribution in [-0.4, -0.2) is 52.8 Å². The quantitative estimate of drug-likeness (QED) is 0.499. The fourth-order valence-electron chi connectivity index (χ4n) is 3.63. The van der Waals surface area contributed by atoms with Crippen molar-refractivity contribution >= 4 is 40.9 Å². The van der Waals surface area contributed by atoms with E-state index in [9.17, 15) is 19.2 Å². The monoisotopic (exact) mass is 456 g/mol. The Balaban J connectivity index is 2.02. The van der Waals surface area contributed by atoms with E-state index in [0.717, 1.165) is 44.9 Å². The Morgan fingerprint density at radius 2 is 1.75 bits per heavy atom. The van der Waals surface area contributed by atoms with Crippen LogP contribution in [0.1, 0.15) is 39.8 Å². The smallest absolute Gasteiger partial charge is 0.337 e. The van der Waals surface area contributed by atoms with Gasteiger partial charge in [0.2, 0.25) is 0 Å². The van der Waals surface area contributed by atoms with E-state index in [2.05, 4.69) is 4.74 Å². The van der Waals surface area contributed by atoms with E-state index in [1.54, 1.807) is 18.2 Å². The SMILES string of the molecule is COC(=O)c1ccc(C)c(-n2c(C)cc(/C=C3/SC(=O)N([C@@H](C)C(=O)OC)C3=O)c2C)c1. The van der Waals surface area contributed by atoms with Gasteiger partial charge in [-0.05, 0) is 74.9 Å². The van der Waals surface area contributed by atoms with Crippen molar-refractivity contribution < 1.29 is 28.7 Å². The summed E-state index contributed by atoms with van der Waals surface area (Å²) in [5.74, 6) is -1.62. The molecule has 2 aromatic rings. The molecule has 1 aliphatic heterocycles. The fourth-order valence-corrected chi connectivity index (χ4v) is 4.53. The van der Waals surface area contributed by atoms with E-state index in [0.29, 0.717) is 5.56 Å². The number of benzene rings is 1. The highest BCUT2D eigenvalue weighted by molar-refractivity contribution is 8.18. The maximum Gasteiger partial charge on any atom is 0.337 e. The van der Waals surface area contributed by atoms with Crippen LogP contribution in [0.4, 0.5) is 4.79 Å². The number of carbonyl (C=O) groups excluding carboxylic acids is 4. The molecule has 1 aliphatic rings. The molecule has 3 rings (SSSR count). The first-order valence-corrected chi connectivity index (χ1v) is 10.7. The molecule has 1 aromatic heterocycles. The van der Waals surface area contributed by atoms with E-state index >= 15 is 0 Å². The highest BCUT2D eigenvalue weighted by Gasteiger charge is 2.41. The summed E-state index contributed by atoms with van der Waals surface area (Å²) >= 11 is 0.785. The normalized spacial score (nSPS) is 15.9. The molecule has 168 valence electrons. The van der Waals surface area contributed by atoms with Crippen molar-refractivity contribution in [3.05, 3.63) is 57.2 Å². The summed E-state index contributed by atoms with van der Waals surface area (Å²) < 4.78 is 11.5. The van der Waals surface area contributed by atoms with Gasteiger partial charge in [-0.3, -0.25) is 14.5 Å². The van der Waals surface area contributed by atoms with Crippen LogP contribution in [0.2, 0.25) is 0 Å². The van der Waals surface area contributed by atoms with Gasteiger partial charge in [-0.1, -0.05) is 6.07 Å². The molecule has 32 heavy (non-hydrogen) atoms. The van der Waals surface area contributed by atoms with Gasteiger partial charge in [0, 0.05) is 17.1 Å². The predicted octanol–water partition coefficient (Wildman–Crippen LogP) is 3.79. The number of carbonyl (C=O) groups is 4. The fraction of sp³-hybridized carbons (Fsp3) is 0.304. The van der Waals surface area contributed by atoms with Crippen molar-refractivity contribution in [1.82, 2.24) is 9.47 Å². The molecule has 1 aromatic carbocycles. The van der Waals surface area contributed by atoms with E-state index < -0.39 is 29.1 Å². The van der Waals surface area contributed by atoms with Crippen LogP contribution < -0.4 is 0 Å². The first kappa shape index (κ1) is 23.3. The van der Waals surface area contributed by atoms with Gasteiger partial charge < -0.3 is 14.0 Å². The van der Waals surface area contributed by atoms with Gasteiger partial charge in [0.15, 0.2) is 0 Å². The molecule has 0 radical (unpaired) electrons. The number of aromatic nitrogens is 1. The molecule has 0 spiro atoms. The molecule has 8 nitrogen and oxygen atoms in total. The zero-order valence-corrected chi connectivity index (χ0v) is 19.5. The summed E-state index contributed by atoms with van der Waals surface area (Å²) in [6, 6.07) is 6.21. The number of hydrogen-bond acceptors (Lipinski definition) is 7. The Labute approximate surface area is 190 Å². The Morgan fingerprint density at radius 3 is 2.38 bits per heavy atom. The van der Waals surface area contributed by atoms with E-state index in [1.165, 1.54) is 21.1 Å². The van der Waals surface area contributed by atoms with E-state index in [-0.39, 0.29) is 4.91 Å².